The summed E-state index contributed by atoms with van der Waals surface area (Å²) in [4.78, 5) is 8.47. The molecule has 0 saturated heterocycles. The van der Waals surface area contributed by atoms with E-state index in [1.54, 1.807) is 14.2 Å². The quantitative estimate of drug-likeness (QED) is 0.437. The third kappa shape index (κ3) is 2.99. The van der Waals surface area contributed by atoms with E-state index in [4.69, 9.17) is 14.9 Å². The first-order chi connectivity index (χ1) is 9.69. The summed E-state index contributed by atoms with van der Waals surface area (Å²) < 4.78 is 12.6. The predicted molar refractivity (Wildman–Crippen MR) is 77.5 cm³/mol. The van der Waals surface area contributed by atoms with Gasteiger partial charge in [0.25, 0.3) is 0 Å². The van der Waals surface area contributed by atoms with Crippen molar-refractivity contribution >= 4 is 37.5 Å². The second-order valence-corrected chi connectivity index (χ2v) is 4.90. The van der Waals surface area contributed by atoms with Crippen LogP contribution < -0.4 is 5.32 Å². The van der Waals surface area contributed by atoms with E-state index in [0.717, 1.165) is 16.6 Å². The van der Waals surface area contributed by atoms with Crippen molar-refractivity contribution in [2.75, 3.05) is 32.7 Å². The predicted octanol–water partition coefficient (Wildman–Crippen LogP) is 0.587. The second kappa shape index (κ2) is 6.81. The number of anilines is 1. The monoisotopic (exact) mass is 342 g/mol. The number of methoxy groups -OCH3 is 1. The van der Waals surface area contributed by atoms with E-state index in [-0.39, 0.29) is 0 Å². The summed E-state index contributed by atoms with van der Waals surface area (Å²) in [6.07, 6.45) is 3.33. The van der Waals surface area contributed by atoms with Crippen LogP contribution in [0.2, 0.25) is 0 Å². The summed E-state index contributed by atoms with van der Waals surface area (Å²) in [6.45, 7) is 1.40. The molecule has 0 aliphatic heterocycles. The molecule has 0 aliphatic carbocycles. The van der Waals surface area contributed by atoms with Gasteiger partial charge in [-0.25, -0.2) is 0 Å². The van der Waals surface area contributed by atoms with Gasteiger partial charge in [0.1, 0.15) is 0 Å². The summed E-state index contributed by atoms with van der Waals surface area (Å²) >= 11 is 2.72. The molecule has 107 valence electrons. The summed E-state index contributed by atoms with van der Waals surface area (Å²) in [5.41, 5.74) is 1.48. The number of aromatic nitrogens is 3. The van der Waals surface area contributed by atoms with E-state index in [1.165, 1.54) is 6.33 Å². The third-order valence-electron chi connectivity index (χ3n) is 2.80. The van der Waals surface area contributed by atoms with Crippen molar-refractivity contribution in [3.8, 4) is 0 Å². The molecule has 2 aromatic rings. The number of nitrogens with one attached hydrogen (secondary N) is 2. The van der Waals surface area contributed by atoms with Crippen LogP contribution in [0, 0.1) is 5.41 Å². The molecule has 2 N–H and O–H groups in total. The molecule has 2 aromatic heterocycles. The summed E-state index contributed by atoms with van der Waals surface area (Å²) in [5, 5.41) is 11.7. The number of ether oxygens (including phenoxy) is 2. The molecule has 2 heterocycles. The zero-order chi connectivity index (χ0) is 14.5. The molecular formula is C12H16N5O2Se. The number of hydrogen-bond donors (Lipinski definition) is 2. The first-order valence-corrected chi connectivity index (χ1v) is 6.89. The van der Waals surface area contributed by atoms with Gasteiger partial charge in [-0.1, -0.05) is 0 Å². The minimum atomic E-state index is 0.344. The number of fused-ring (bicyclic) bond motifs is 1. The molecule has 0 aromatic carbocycles. The Morgan fingerprint density at radius 1 is 1.45 bits per heavy atom. The van der Waals surface area contributed by atoms with Gasteiger partial charge in [-0.15, -0.1) is 0 Å². The van der Waals surface area contributed by atoms with Crippen molar-refractivity contribution in [1.82, 2.24) is 14.5 Å². The number of hydrogen-bond acceptors (Lipinski definition) is 6. The van der Waals surface area contributed by atoms with Crippen molar-refractivity contribution in [3.63, 3.8) is 0 Å². The van der Waals surface area contributed by atoms with Crippen molar-refractivity contribution < 1.29 is 9.47 Å². The Labute approximate surface area is 125 Å². The van der Waals surface area contributed by atoms with Crippen LogP contribution in [-0.4, -0.2) is 62.5 Å². The summed E-state index contributed by atoms with van der Waals surface area (Å²) in [5.74, 6) is 0.695. The fourth-order valence-electron chi connectivity index (χ4n) is 1.89. The van der Waals surface area contributed by atoms with Crippen molar-refractivity contribution in [3.05, 3.63) is 18.1 Å². The topological polar surface area (TPSA) is 85.1 Å². The maximum absolute atomic E-state index is 7.83. The normalized spacial score (nSPS) is 10.9. The first-order valence-electron chi connectivity index (χ1n) is 6.03. The Kier molecular flexibility index (Phi) is 5.08. The Hall–Kier alpha value is -1.47. The van der Waals surface area contributed by atoms with Gasteiger partial charge in [-0.3, -0.25) is 0 Å². The Morgan fingerprint density at radius 2 is 2.25 bits per heavy atom. The molecule has 20 heavy (non-hydrogen) atoms. The standard InChI is InChI=1S/C12H16N5O2Se/c1-14-11-9-8(10(13)20)5-17(7-19-4-3-18-2)12(9)16-6-15-11/h5-6,13H,3-4,7H2,1-2H3,(H,14,15,16). The van der Waals surface area contributed by atoms with E-state index in [0.29, 0.717) is 30.4 Å². The van der Waals surface area contributed by atoms with Gasteiger partial charge in [0.15, 0.2) is 0 Å². The SMILES string of the molecule is CNc1ncnc2c1c(C(=N)[Se])cn2COCCOC. The average Bonchev–Trinajstić information content (AvgIpc) is 2.83. The zero-order valence-corrected chi connectivity index (χ0v) is 13.1. The molecule has 0 atom stereocenters. The Bertz CT molecular complexity index is 613. The van der Waals surface area contributed by atoms with Gasteiger partial charge in [-0.05, 0) is 0 Å². The molecule has 0 spiro atoms. The first kappa shape index (κ1) is 14.9. The van der Waals surface area contributed by atoms with Gasteiger partial charge in [0.05, 0.1) is 0 Å². The van der Waals surface area contributed by atoms with Crippen molar-refractivity contribution in [1.29, 1.82) is 5.41 Å². The number of nitrogens with zero attached hydrogens (tertiary/aromatic N) is 3. The fraction of sp³-hybridized carbons (Fsp3) is 0.417. The molecule has 0 unspecified atom stereocenters. The minimum absolute atomic E-state index is 0.344. The fourth-order valence-corrected chi connectivity index (χ4v) is 2.21. The van der Waals surface area contributed by atoms with Crippen LogP contribution in [0.1, 0.15) is 5.56 Å². The van der Waals surface area contributed by atoms with Crippen molar-refractivity contribution in [2.24, 2.45) is 0 Å². The van der Waals surface area contributed by atoms with E-state index >= 15 is 0 Å². The molecular weight excluding hydrogens is 325 g/mol. The van der Waals surface area contributed by atoms with E-state index in [1.807, 2.05) is 10.8 Å². The van der Waals surface area contributed by atoms with Crippen LogP contribution >= 0.6 is 0 Å². The van der Waals surface area contributed by atoms with E-state index < -0.39 is 0 Å². The van der Waals surface area contributed by atoms with Gasteiger partial charge >= 0.3 is 124 Å². The van der Waals surface area contributed by atoms with Crippen LogP contribution in [0.25, 0.3) is 11.0 Å². The average molecular weight is 341 g/mol. The van der Waals surface area contributed by atoms with Gasteiger partial charge < -0.3 is 0 Å². The van der Waals surface area contributed by atoms with Crippen LogP contribution in [0.5, 0.6) is 0 Å². The molecule has 0 fully saturated rings. The Balaban J connectivity index is 2.38. The maximum atomic E-state index is 7.83. The molecule has 7 nitrogen and oxygen atoms in total. The molecule has 8 heteroatoms. The molecule has 0 bridgehead atoms. The second-order valence-electron chi connectivity index (χ2n) is 4.04. The molecule has 0 aliphatic rings. The summed E-state index contributed by atoms with van der Waals surface area (Å²) in [7, 11) is 3.42. The van der Waals surface area contributed by atoms with Crippen LogP contribution in [0.3, 0.4) is 0 Å². The van der Waals surface area contributed by atoms with Crippen molar-refractivity contribution in [2.45, 2.75) is 6.73 Å². The molecule has 1 radical (unpaired) electrons. The van der Waals surface area contributed by atoms with E-state index in [9.17, 15) is 0 Å². The van der Waals surface area contributed by atoms with Gasteiger partial charge in [0.2, 0.25) is 0 Å². The molecule has 0 amide bonds. The van der Waals surface area contributed by atoms with Crippen LogP contribution in [0.4, 0.5) is 5.82 Å². The summed E-state index contributed by atoms with van der Waals surface area (Å²) in [6, 6.07) is 0. The molecule has 0 saturated carbocycles. The van der Waals surface area contributed by atoms with Crippen LogP contribution in [-0.2, 0) is 16.2 Å². The van der Waals surface area contributed by atoms with Gasteiger partial charge in [-0.2, -0.15) is 0 Å². The van der Waals surface area contributed by atoms with Gasteiger partial charge in [0, 0.05) is 0 Å². The third-order valence-corrected chi connectivity index (χ3v) is 3.26. The Morgan fingerprint density at radius 3 is 2.90 bits per heavy atom. The molecule has 2 rings (SSSR count). The number of rotatable bonds is 7. The zero-order valence-electron chi connectivity index (χ0n) is 11.3. The van der Waals surface area contributed by atoms with E-state index in [2.05, 4.69) is 31.3 Å². The van der Waals surface area contributed by atoms with Crippen LogP contribution in [0.15, 0.2) is 12.5 Å².